The molecule has 0 spiro atoms. The number of aryl methyl sites for hydroxylation is 1. The number of fused-ring (bicyclic) bond motifs is 2. The molecule has 1 N–H and O–H groups in total. The van der Waals surface area contributed by atoms with Gasteiger partial charge in [0.2, 0.25) is 0 Å². The highest BCUT2D eigenvalue weighted by atomic mass is 32.1. The lowest BCUT2D eigenvalue weighted by Crippen LogP contribution is -2.27. The number of rotatable bonds is 6. The van der Waals surface area contributed by atoms with Crippen molar-refractivity contribution in [3.05, 3.63) is 46.6 Å². The average Bonchev–Trinajstić information content (AvgIpc) is 3.25. The predicted molar refractivity (Wildman–Crippen MR) is 108 cm³/mol. The first-order chi connectivity index (χ1) is 13.2. The molecule has 138 valence electrons. The number of methoxy groups -OCH3 is 1. The van der Waals surface area contributed by atoms with Gasteiger partial charge in [0.05, 0.1) is 36.2 Å². The van der Waals surface area contributed by atoms with Gasteiger partial charge in [0.25, 0.3) is 0 Å². The van der Waals surface area contributed by atoms with E-state index in [1.165, 1.54) is 0 Å². The molecular formula is C18H19BN4O3S. The van der Waals surface area contributed by atoms with Gasteiger partial charge in [-0.3, -0.25) is 0 Å². The molecule has 27 heavy (non-hydrogen) atoms. The van der Waals surface area contributed by atoms with E-state index in [-0.39, 0.29) is 0 Å². The van der Waals surface area contributed by atoms with E-state index < -0.39 is 7.12 Å². The maximum atomic E-state index is 9.75. The van der Waals surface area contributed by atoms with Crippen LogP contribution >= 0.6 is 11.3 Å². The third-order valence-electron chi connectivity index (χ3n) is 4.44. The van der Waals surface area contributed by atoms with Gasteiger partial charge in [-0.25, -0.2) is 15.0 Å². The summed E-state index contributed by atoms with van der Waals surface area (Å²) in [7, 11) is 0.832. The quantitative estimate of drug-likeness (QED) is 0.397. The molecular weight excluding hydrogens is 363 g/mol. The molecule has 0 fully saturated rings. The number of hydrogen-bond acceptors (Lipinski definition) is 8. The Morgan fingerprint density at radius 3 is 3.19 bits per heavy atom. The highest BCUT2D eigenvalue weighted by Gasteiger charge is 2.26. The van der Waals surface area contributed by atoms with Gasteiger partial charge in [-0.15, -0.1) is 11.3 Å². The fourth-order valence-corrected chi connectivity index (χ4v) is 4.00. The third kappa shape index (κ3) is 3.59. The Hall–Kier alpha value is -2.33. The molecule has 2 aromatic heterocycles. The van der Waals surface area contributed by atoms with Gasteiger partial charge in [0.1, 0.15) is 6.33 Å². The van der Waals surface area contributed by atoms with Crippen molar-refractivity contribution >= 4 is 46.2 Å². The van der Waals surface area contributed by atoms with E-state index in [9.17, 15) is 5.02 Å². The number of nitrogens with zero attached hydrogens (tertiary/aromatic N) is 4. The number of aromatic nitrogens is 2. The van der Waals surface area contributed by atoms with Gasteiger partial charge in [-0.05, 0) is 40.5 Å². The highest BCUT2D eigenvalue weighted by molar-refractivity contribution is 7.18. The zero-order chi connectivity index (χ0) is 18.8. The van der Waals surface area contributed by atoms with Crippen LogP contribution in [0.2, 0.25) is 0 Å². The zero-order valence-electron chi connectivity index (χ0n) is 15.1. The summed E-state index contributed by atoms with van der Waals surface area (Å²) in [6, 6.07) is 5.77. The fraction of sp³-hybridized carbons (Fsp3) is 0.278. The van der Waals surface area contributed by atoms with Crippen LogP contribution in [0.25, 0.3) is 10.2 Å². The van der Waals surface area contributed by atoms with Crippen molar-refractivity contribution in [1.29, 1.82) is 0 Å². The normalized spacial score (nSPS) is 13.7. The molecule has 0 radical (unpaired) electrons. The average molecular weight is 382 g/mol. The van der Waals surface area contributed by atoms with Crippen molar-refractivity contribution in [1.82, 2.24) is 9.97 Å². The number of thiophene rings is 1. The van der Waals surface area contributed by atoms with E-state index in [4.69, 9.17) is 9.39 Å². The maximum absolute atomic E-state index is 9.75. The van der Waals surface area contributed by atoms with Crippen molar-refractivity contribution in [2.45, 2.75) is 13.5 Å². The van der Waals surface area contributed by atoms with Gasteiger partial charge in [-0.1, -0.05) is 12.1 Å². The summed E-state index contributed by atoms with van der Waals surface area (Å²) < 4.78 is 11.5. The van der Waals surface area contributed by atoms with Crippen molar-refractivity contribution in [2.24, 2.45) is 5.10 Å². The molecule has 3 aromatic rings. The Kier molecular flexibility index (Phi) is 5.17. The van der Waals surface area contributed by atoms with Gasteiger partial charge in [0.15, 0.2) is 5.82 Å². The van der Waals surface area contributed by atoms with E-state index in [2.05, 4.69) is 20.4 Å². The van der Waals surface area contributed by atoms with Gasteiger partial charge < -0.3 is 14.4 Å². The first kappa shape index (κ1) is 18.1. The Bertz CT molecular complexity index is 994. The van der Waals surface area contributed by atoms with Crippen LogP contribution in [0.15, 0.2) is 35.0 Å². The molecule has 0 unspecified atom stereocenters. The lowest BCUT2D eigenvalue weighted by molar-refractivity contribution is 0.205. The van der Waals surface area contributed by atoms with Crippen LogP contribution in [-0.2, 0) is 16.0 Å². The molecule has 0 bridgehead atoms. The molecule has 0 atom stereocenters. The van der Waals surface area contributed by atoms with Crippen molar-refractivity contribution in [2.75, 3.05) is 25.3 Å². The molecule has 0 saturated heterocycles. The standard InChI is InChI=1S/C18H19BN4O3S/c1-12-10-27-17-16(12)20-11-21-18(17)23(5-6-25-2)22-8-13-3-4-15-14(7-13)9-26-19(15)24/h3-4,7-8,10-11,24H,5-6,9H2,1-2H3/b22-8+. The minimum Gasteiger partial charge on any atom is -0.423 e. The zero-order valence-corrected chi connectivity index (χ0v) is 15.9. The Morgan fingerprint density at radius 2 is 2.33 bits per heavy atom. The Balaban J connectivity index is 1.65. The summed E-state index contributed by atoms with van der Waals surface area (Å²) in [6.07, 6.45) is 3.36. The van der Waals surface area contributed by atoms with E-state index in [1.807, 2.05) is 30.1 Å². The van der Waals surface area contributed by atoms with E-state index in [0.29, 0.717) is 19.8 Å². The van der Waals surface area contributed by atoms with Crippen LogP contribution in [0.5, 0.6) is 0 Å². The molecule has 0 saturated carbocycles. The number of ether oxygens (including phenoxy) is 1. The van der Waals surface area contributed by atoms with Crippen LogP contribution in [0.4, 0.5) is 5.82 Å². The first-order valence-corrected chi connectivity index (χ1v) is 9.47. The summed E-state index contributed by atoms with van der Waals surface area (Å²) in [6.45, 7) is 3.55. The van der Waals surface area contributed by atoms with Crippen LogP contribution in [0.1, 0.15) is 16.7 Å². The summed E-state index contributed by atoms with van der Waals surface area (Å²) in [5, 5.41) is 18.3. The molecule has 4 rings (SSSR count). The van der Waals surface area contributed by atoms with E-state index in [1.54, 1.807) is 31.0 Å². The largest absolute Gasteiger partial charge is 0.491 e. The smallest absolute Gasteiger partial charge is 0.423 e. The predicted octanol–water partition coefficient (Wildman–Crippen LogP) is 1.70. The van der Waals surface area contributed by atoms with Gasteiger partial charge in [-0.2, -0.15) is 5.10 Å². The summed E-state index contributed by atoms with van der Waals surface area (Å²) in [5.74, 6) is 0.770. The lowest BCUT2D eigenvalue weighted by atomic mass is 9.79. The van der Waals surface area contributed by atoms with Crippen molar-refractivity contribution in [3.8, 4) is 0 Å². The second-order valence-electron chi connectivity index (χ2n) is 6.28. The number of hydrazone groups is 1. The van der Waals surface area contributed by atoms with Gasteiger partial charge in [0, 0.05) is 7.11 Å². The Labute approximate surface area is 161 Å². The van der Waals surface area contributed by atoms with Gasteiger partial charge >= 0.3 is 7.12 Å². The molecule has 1 aromatic carbocycles. The van der Waals surface area contributed by atoms with Crippen LogP contribution < -0.4 is 10.5 Å². The van der Waals surface area contributed by atoms with Crippen LogP contribution in [0.3, 0.4) is 0 Å². The monoisotopic (exact) mass is 382 g/mol. The number of anilines is 1. The lowest BCUT2D eigenvalue weighted by Gasteiger charge is -2.18. The highest BCUT2D eigenvalue weighted by Crippen LogP contribution is 2.30. The number of hydrogen-bond donors (Lipinski definition) is 1. The van der Waals surface area contributed by atoms with Crippen molar-refractivity contribution in [3.63, 3.8) is 0 Å². The third-order valence-corrected chi connectivity index (χ3v) is 5.52. The van der Waals surface area contributed by atoms with Crippen molar-refractivity contribution < 1.29 is 14.4 Å². The fourth-order valence-electron chi connectivity index (χ4n) is 3.00. The summed E-state index contributed by atoms with van der Waals surface area (Å²) in [5.41, 5.74) is 4.81. The molecule has 7 nitrogen and oxygen atoms in total. The number of benzene rings is 1. The maximum Gasteiger partial charge on any atom is 0.491 e. The molecule has 9 heteroatoms. The topological polar surface area (TPSA) is 80.1 Å². The summed E-state index contributed by atoms with van der Waals surface area (Å²) >= 11 is 1.61. The van der Waals surface area contributed by atoms with E-state index >= 15 is 0 Å². The Morgan fingerprint density at radius 1 is 1.44 bits per heavy atom. The van der Waals surface area contributed by atoms with Crippen LogP contribution in [-0.4, -0.2) is 48.6 Å². The second-order valence-corrected chi connectivity index (χ2v) is 7.16. The molecule has 3 heterocycles. The van der Waals surface area contributed by atoms with E-state index in [0.717, 1.165) is 38.2 Å². The minimum absolute atomic E-state index is 0.409. The first-order valence-electron chi connectivity index (χ1n) is 8.59. The molecule has 0 amide bonds. The second kappa shape index (κ2) is 7.73. The van der Waals surface area contributed by atoms with Crippen LogP contribution in [0, 0.1) is 6.92 Å². The molecule has 1 aliphatic rings. The SMILES string of the molecule is COCCN(/N=C/c1ccc2c(c1)COB2O)c1ncnc2c(C)csc12. The minimum atomic E-state index is -0.833. The molecule has 0 aliphatic carbocycles. The molecule has 1 aliphatic heterocycles. The summed E-state index contributed by atoms with van der Waals surface area (Å²) in [4.78, 5) is 8.84.